The molecule has 1 heterocycles. The third-order valence-corrected chi connectivity index (χ3v) is 3.86. The van der Waals surface area contributed by atoms with Crippen molar-refractivity contribution in [3.8, 4) is 0 Å². The standard InChI is InChI=1S/C15H22N2O2/c1-16-10-13-8-5-9-17(13)11-14(15(18)19)12-6-3-2-4-7-12/h2-4,6-7,13-14,16H,5,8-11H2,1H3,(H,18,19). The monoisotopic (exact) mass is 262 g/mol. The van der Waals surface area contributed by atoms with Crippen molar-refractivity contribution in [1.29, 1.82) is 0 Å². The van der Waals surface area contributed by atoms with E-state index in [2.05, 4.69) is 10.2 Å². The van der Waals surface area contributed by atoms with Crippen LogP contribution in [-0.4, -0.2) is 48.7 Å². The first-order valence-corrected chi connectivity index (χ1v) is 6.88. The summed E-state index contributed by atoms with van der Waals surface area (Å²) in [6, 6.07) is 10.0. The van der Waals surface area contributed by atoms with E-state index in [0.29, 0.717) is 12.6 Å². The lowest BCUT2D eigenvalue weighted by Crippen LogP contribution is -2.40. The number of likely N-dealkylation sites (N-methyl/N-ethyl adjacent to an activating group) is 1. The van der Waals surface area contributed by atoms with Gasteiger partial charge in [-0.1, -0.05) is 30.3 Å². The van der Waals surface area contributed by atoms with Crippen molar-refractivity contribution in [3.63, 3.8) is 0 Å². The molecule has 0 saturated carbocycles. The quantitative estimate of drug-likeness (QED) is 0.816. The van der Waals surface area contributed by atoms with E-state index in [-0.39, 0.29) is 0 Å². The molecule has 2 unspecified atom stereocenters. The summed E-state index contributed by atoms with van der Waals surface area (Å²) in [5, 5.41) is 12.7. The Kier molecular flexibility index (Phi) is 4.93. The molecule has 0 bridgehead atoms. The number of aliphatic carboxylic acids is 1. The topological polar surface area (TPSA) is 52.6 Å². The third-order valence-electron chi connectivity index (χ3n) is 3.86. The molecule has 2 atom stereocenters. The van der Waals surface area contributed by atoms with Gasteiger partial charge in [0.15, 0.2) is 0 Å². The smallest absolute Gasteiger partial charge is 0.312 e. The van der Waals surface area contributed by atoms with Crippen molar-refractivity contribution < 1.29 is 9.90 Å². The van der Waals surface area contributed by atoms with E-state index in [0.717, 1.165) is 31.5 Å². The summed E-state index contributed by atoms with van der Waals surface area (Å²) < 4.78 is 0. The number of carboxylic acids is 1. The van der Waals surface area contributed by atoms with Crippen molar-refractivity contribution in [2.75, 3.05) is 26.7 Å². The summed E-state index contributed by atoms with van der Waals surface area (Å²) in [5.41, 5.74) is 0.894. The Balaban J connectivity index is 2.07. The molecule has 1 saturated heterocycles. The molecule has 4 heteroatoms. The first-order valence-electron chi connectivity index (χ1n) is 6.88. The maximum absolute atomic E-state index is 11.5. The number of nitrogens with one attached hydrogen (secondary N) is 1. The normalized spacial score (nSPS) is 21.4. The molecule has 0 aliphatic carbocycles. The fraction of sp³-hybridized carbons (Fsp3) is 0.533. The average Bonchev–Trinajstić information content (AvgIpc) is 2.84. The van der Waals surface area contributed by atoms with Gasteiger partial charge in [-0.25, -0.2) is 0 Å². The average molecular weight is 262 g/mol. The Hall–Kier alpha value is -1.39. The van der Waals surface area contributed by atoms with Crippen molar-refractivity contribution in [3.05, 3.63) is 35.9 Å². The SMILES string of the molecule is CNCC1CCCN1CC(C(=O)O)c1ccccc1. The van der Waals surface area contributed by atoms with Gasteiger partial charge >= 0.3 is 5.97 Å². The lowest BCUT2D eigenvalue weighted by molar-refractivity contribution is -0.139. The van der Waals surface area contributed by atoms with Gasteiger partial charge in [0.2, 0.25) is 0 Å². The zero-order valence-electron chi connectivity index (χ0n) is 11.4. The number of carbonyl (C=O) groups is 1. The fourth-order valence-electron chi connectivity index (χ4n) is 2.85. The molecule has 0 radical (unpaired) electrons. The van der Waals surface area contributed by atoms with Gasteiger partial charge in [0.1, 0.15) is 0 Å². The second kappa shape index (κ2) is 6.68. The molecule has 0 amide bonds. The number of nitrogens with zero attached hydrogens (tertiary/aromatic N) is 1. The zero-order chi connectivity index (χ0) is 13.7. The zero-order valence-corrected chi connectivity index (χ0v) is 11.4. The second-order valence-corrected chi connectivity index (χ2v) is 5.15. The van der Waals surface area contributed by atoms with E-state index in [1.165, 1.54) is 0 Å². The highest BCUT2D eigenvalue weighted by molar-refractivity contribution is 5.76. The van der Waals surface area contributed by atoms with Crippen LogP contribution in [0.15, 0.2) is 30.3 Å². The molecule has 0 aromatic heterocycles. The van der Waals surface area contributed by atoms with Crippen LogP contribution < -0.4 is 5.32 Å². The molecule has 1 aliphatic heterocycles. The Bertz CT molecular complexity index is 408. The van der Waals surface area contributed by atoms with Crippen LogP contribution in [-0.2, 0) is 4.79 Å². The predicted molar refractivity (Wildman–Crippen MR) is 75.3 cm³/mol. The van der Waals surface area contributed by atoms with E-state index in [1.54, 1.807) is 0 Å². The largest absolute Gasteiger partial charge is 0.481 e. The van der Waals surface area contributed by atoms with Gasteiger partial charge in [-0.05, 0) is 32.0 Å². The number of hydrogen-bond acceptors (Lipinski definition) is 3. The molecule has 4 nitrogen and oxygen atoms in total. The maximum atomic E-state index is 11.5. The van der Waals surface area contributed by atoms with Crippen molar-refractivity contribution in [2.45, 2.75) is 24.8 Å². The van der Waals surface area contributed by atoms with Crippen LogP contribution >= 0.6 is 0 Å². The molecule has 19 heavy (non-hydrogen) atoms. The lowest BCUT2D eigenvalue weighted by atomic mass is 9.98. The molecule has 2 N–H and O–H groups in total. The Morgan fingerprint density at radius 3 is 2.84 bits per heavy atom. The molecule has 2 rings (SSSR count). The highest BCUT2D eigenvalue weighted by Crippen LogP contribution is 2.23. The number of carboxylic acid groups (broad SMARTS) is 1. The summed E-state index contributed by atoms with van der Waals surface area (Å²) in [6.07, 6.45) is 2.31. The highest BCUT2D eigenvalue weighted by atomic mass is 16.4. The van der Waals surface area contributed by atoms with Crippen LogP contribution in [0.1, 0.15) is 24.3 Å². The van der Waals surface area contributed by atoms with Gasteiger partial charge in [0, 0.05) is 19.1 Å². The van der Waals surface area contributed by atoms with Crippen LogP contribution in [0.2, 0.25) is 0 Å². The molecule has 104 valence electrons. The van der Waals surface area contributed by atoms with Gasteiger partial charge in [0.05, 0.1) is 5.92 Å². The van der Waals surface area contributed by atoms with Crippen LogP contribution in [0.4, 0.5) is 0 Å². The van der Waals surface area contributed by atoms with Crippen LogP contribution in [0.3, 0.4) is 0 Å². The van der Waals surface area contributed by atoms with E-state index in [4.69, 9.17) is 0 Å². The van der Waals surface area contributed by atoms with E-state index < -0.39 is 11.9 Å². The number of rotatable bonds is 6. The van der Waals surface area contributed by atoms with E-state index >= 15 is 0 Å². The molecule has 1 aromatic carbocycles. The maximum Gasteiger partial charge on any atom is 0.312 e. The number of likely N-dealkylation sites (tertiary alicyclic amines) is 1. The Morgan fingerprint density at radius 2 is 2.21 bits per heavy atom. The van der Waals surface area contributed by atoms with Crippen LogP contribution in [0, 0.1) is 0 Å². The van der Waals surface area contributed by atoms with Crippen molar-refractivity contribution in [1.82, 2.24) is 10.2 Å². The van der Waals surface area contributed by atoms with Gasteiger partial charge in [-0.2, -0.15) is 0 Å². The fourth-order valence-corrected chi connectivity index (χ4v) is 2.85. The number of benzene rings is 1. The minimum atomic E-state index is -0.735. The molecule has 1 fully saturated rings. The summed E-state index contributed by atoms with van der Waals surface area (Å²) in [6.45, 7) is 2.54. The summed E-state index contributed by atoms with van der Waals surface area (Å²) >= 11 is 0. The predicted octanol–water partition coefficient (Wildman–Crippen LogP) is 1.54. The summed E-state index contributed by atoms with van der Waals surface area (Å²) in [7, 11) is 1.95. The molecule has 1 aliphatic rings. The lowest BCUT2D eigenvalue weighted by Gasteiger charge is -2.27. The van der Waals surface area contributed by atoms with Crippen molar-refractivity contribution >= 4 is 5.97 Å². The van der Waals surface area contributed by atoms with E-state index in [9.17, 15) is 9.90 Å². The van der Waals surface area contributed by atoms with Gasteiger partial charge in [-0.3, -0.25) is 9.69 Å². The summed E-state index contributed by atoms with van der Waals surface area (Å²) in [5.74, 6) is -1.17. The van der Waals surface area contributed by atoms with Gasteiger partial charge in [0.25, 0.3) is 0 Å². The first kappa shape index (κ1) is 14.0. The summed E-state index contributed by atoms with van der Waals surface area (Å²) in [4.78, 5) is 13.8. The Labute approximate surface area is 114 Å². The minimum absolute atomic E-state index is 0.432. The second-order valence-electron chi connectivity index (χ2n) is 5.15. The molecular formula is C15H22N2O2. The molecule has 0 spiro atoms. The van der Waals surface area contributed by atoms with E-state index in [1.807, 2.05) is 37.4 Å². The van der Waals surface area contributed by atoms with Crippen LogP contribution in [0.25, 0.3) is 0 Å². The van der Waals surface area contributed by atoms with Crippen LogP contribution in [0.5, 0.6) is 0 Å². The minimum Gasteiger partial charge on any atom is -0.481 e. The van der Waals surface area contributed by atoms with Crippen molar-refractivity contribution in [2.24, 2.45) is 0 Å². The first-order chi connectivity index (χ1) is 9.22. The molecule has 1 aromatic rings. The molecular weight excluding hydrogens is 240 g/mol. The highest BCUT2D eigenvalue weighted by Gasteiger charge is 2.29. The van der Waals surface area contributed by atoms with Gasteiger partial charge in [-0.15, -0.1) is 0 Å². The van der Waals surface area contributed by atoms with Gasteiger partial charge < -0.3 is 10.4 Å². The third kappa shape index (κ3) is 3.55. The number of hydrogen-bond donors (Lipinski definition) is 2. The Morgan fingerprint density at radius 1 is 1.47 bits per heavy atom.